The quantitative estimate of drug-likeness (QED) is 0.442. The molecule has 0 heterocycles. The zero-order valence-electron chi connectivity index (χ0n) is 9.36. The summed E-state index contributed by atoms with van der Waals surface area (Å²) >= 11 is 0. The van der Waals surface area contributed by atoms with Crippen LogP contribution in [0.1, 0.15) is 18.1 Å². The summed E-state index contributed by atoms with van der Waals surface area (Å²) in [5.74, 6) is -0.576. The van der Waals surface area contributed by atoms with Crippen molar-refractivity contribution in [1.82, 2.24) is 0 Å². The normalized spacial score (nSPS) is 10.7. The van der Waals surface area contributed by atoms with Gasteiger partial charge in [0.2, 0.25) is 0 Å². The molecule has 1 aromatic rings. The van der Waals surface area contributed by atoms with E-state index in [1.165, 1.54) is 0 Å². The van der Waals surface area contributed by atoms with Gasteiger partial charge < -0.3 is 4.74 Å². The molecule has 82 valence electrons. The maximum absolute atomic E-state index is 11.4. The number of rotatable bonds is 3. The molecule has 0 N–H and O–H groups in total. The molecule has 1 aromatic carbocycles. The van der Waals surface area contributed by atoms with Crippen LogP contribution < -0.4 is 0 Å². The summed E-state index contributed by atoms with van der Waals surface area (Å²) in [6.45, 7) is 3.90. The SMILES string of the molecule is CCOC(=O)/C(C#N)=C\c1ccccc1C. The minimum Gasteiger partial charge on any atom is -0.462 e. The van der Waals surface area contributed by atoms with Crippen LogP contribution in [0.5, 0.6) is 0 Å². The van der Waals surface area contributed by atoms with Gasteiger partial charge in [0.1, 0.15) is 11.6 Å². The molecule has 3 heteroatoms. The van der Waals surface area contributed by atoms with E-state index in [4.69, 9.17) is 10.00 Å². The van der Waals surface area contributed by atoms with Crippen molar-refractivity contribution in [3.05, 3.63) is 41.0 Å². The molecular weight excluding hydrogens is 202 g/mol. The summed E-state index contributed by atoms with van der Waals surface area (Å²) < 4.78 is 4.78. The third-order valence-electron chi connectivity index (χ3n) is 2.10. The molecule has 0 spiro atoms. The monoisotopic (exact) mass is 215 g/mol. The molecule has 0 bridgehead atoms. The Morgan fingerprint density at radius 1 is 1.50 bits per heavy atom. The summed E-state index contributed by atoms with van der Waals surface area (Å²) in [6, 6.07) is 9.39. The number of hydrogen-bond acceptors (Lipinski definition) is 3. The molecule has 0 amide bonds. The number of aryl methyl sites for hydroxylation is 1. The maximum Gasteiger partial charge on any atom is 0.348 e. The fourth-order valence-electron chi connectivity index (χ4n) is 1.25. The van der Waals surface area contributed by atoms with E-state index in [2.05, 4.69) is 0 Å². The lowest BCUT2D eigenvalue weighted by atomic mass is 10.1. The van der Waals surface area contributed by atoms with Crippen LogP contribution in [0.2, 0.25) is 0 Å². The van der Waals surface area contributed by atoms with Crippen LogP contribution in [-0.4, -0.2) is 12.6 Å². The first-order valence-corrected chi connectivity index (χ1v) is 5.03. The van der Waals surface area contributed by atoms with Gasteiger partial charge in [0.15, 0.2) is 0 Å². The Morgan fingerprint density at radius 3 is 2.75 bits per heavy atom. The third kappa shape index (κ3) is 2.96. The van der Waals surface area contributed by atoms with Crippen molar-refractivity contribution in [2.75, 3.05) is 6.61 Å². The summed E-state index contributed by atoms with van der Waals surface area (Å²) in [5.41, 5.74) is 1.89. The van der Waals surface area contributed by atoms with E-state index in [0.29, 0.717) is 0 Å². The first-order valence-electron chi connectivity index (χ1n) is 5.03. The van der Waals surface area contributed by atoms with Crippen molar-refractivity contribution < 1.29 is 9.53 Å². The number of esters is 1. The maximum atomic E-state index is 11.4. The molecule has 3 nitrogen and oxygen atoms in total. The predicted molar refractivity (Wildman–Crippen MR) is 61.4 cm³/mol. The second-order valence-electron chi connectivity index (χ2n) is 3.25. The highest BCUT2D eigenvalue weighted by Gasteiger charge is 2.09. The topological polar surface area (TPSA) is 50.1 Å². The van der Waals surface area contributed by atoms with Gasteiger partial charge in [-0.05, 0) is 31.1 Å². The number of hydrogen-bond donors (Lipinski definition) is 0. The van der Waals surface area contributed by atoms with E-state index >= 15 is 0 Å². The predicted octanol–water partition coefficient (Wildman–Crippen LogP) is 2.47. The number of nitrogens with zero attached hydrogens (tertiary/aromatic N) is 1. The van der Waals surface area contributed by atoms with Gasteiger partial charge in [0, 0.05) is 0 Å². The lowest BCUT2D eigenvalue weighted by Crippen LogP contribution is -2.06. The number of ether oxygens (including phenoxy) is 1. The average molecular weight is 215 g/mol. The third-order valence-corrected chi connectivity index (χ3v) is 2.10. The Balaban J connectivity index is 3.02. The Kier molecular flexibility index (Phi) is 4.28. The summed E-state index contributed by atoms with van der Waals surface area (Å²) in [7, 11) is 0. The highest BCUT2D eigenvalue weighted by atomic mass is 16.5. The van der Waals surface area contributed by atoms with Crippen LogP contribution in [0.25, 0.3) is 6.08 Å². The van der Waals surface area contributed by atoms with Crippen molar-refractivity contribution >= 4 is 12.0 Å². The van der Waals surface area contributed by atoms with Crippen LogP contribution in [0, 0.1) is 18.3 Å². The van der Waals surface area contributed by atoms with Gasteiger partial charge in [0.05, 0.1) is 6.61 Å². The average Bonchev–Trinajstić information content (AvgIpc) is 2.28. The first-order chi connectivity index (χ1) is 7.69. The van der Waals surface area contributed by atoms with Crippen LogP contribution >= 0.6 is 0 Å². The van der Waals surface area contributed by atoms with Gasteiger partial charge in [-0.25, -0.2) is 4.79 Å². The van der Waals surface area contributed by atoms with Gasteiger partial charge in [-0.3, -0.25) is 0 Å². The minimum absolute atomic E-state index is 0.0242. The van der Waals surface area contributed by atoms with Gasteiger partial charge in [0.25, 0.3) is 0 Å². The van der Waals surface area contributed by atoms with E-state index in [9.17, 15) is 4.79 Å². The summed E-state index contributed by atoms with van der Waals surface area (Å²) in [4.78, 5) is 11.4. The molecule has 16 heavy (non-hydrogen) atoms. The number of nitriles is 1. The highest BCUT2D eigenvalue weighted by Crippen LogP contribution is 2.12. The Hall–Kier alpha value is -2.08. The van der Waals surface area contributed by atoms with E-state index in [0.717, 1.165) is 11.1 Å². The minimum atomic E-state index is -0.576. The largest absolute Gasteiger partial charge is 0.462 e. The smallest absolute Gasteiger partial charge is 0.348 e. The lowest BCUT2D eigenvalue weighted by Gasteiger charge is -2.01. The molecule has 0 saturated heterocycles. The van der Waals surface area contributed by atoms with E-state index in [1.54, 1.807) is 13.0 Å². The van der Waals surface area contributed by atoms with Gasteiger partial charge in [-0.15, -0.1) is 0 Å². The van der Waals surface area contributed by atoms with Crippen LogP contribution in [0.4, 0.5) is 0 Å². The Labute approximate surface area is 95.0 Å². The van der Waals surface area contributed by atoms with Crippen molar-refractivity contribution in [1.29, 1.82) is 5.26 Å². The summed E-state index contributed by atoms with van der Waals surface area (Å²) in [6.07, 6.45) is 1.55. The van der Waals surface area contributed by atoms with Crippen molar-refractivity contribution in [3.63, 3.8) is 0 Å². The molecule has 0 aliphatic heterocycles. The zero-order valence-corrected chi connectivity index (χ0v) is 9.36. The fraction of sp³-hybridized carbons (Fsp3) is 0.231. The molecule has 0 radical (unpaired) electrons. The zero-order chi connectivity index (χ0) is 12.0. The van der Waals surface area contributed by atoms with Gasteiger partial charge >= 0.3 is 5.97 Å². The molecule has 0 fully saturated rings. The molecular formula is C13H13NO2. The van der Waals surface area contributed by atoms with E-state index in [1.807, 2.05) is 37.3 Å². The highest BCUT2D eigenvalue weighted by molar-refractivity contribution is 5.98. The van der Waals surface area contributed by atoms with Crippen molar-refractivity contribution in [2.24, 2.45) is 0 Å². The van der Waals surface area contributed by atoms with Crippen molar-refractivity contribution in [2.45, 2.75) is 13.8 Å². The molecule has 0 saturated carbocycles. The van der Waals surface area contributed by atoms with Crippen LogP contribution in [0.15, 0.2) is 29.8 Å². The van der Waals surface area contributed by atoms with Crippen molar-refractivity contribution in [3.8, 4) is 6.07 Å². The Morgan fingerprint density at radius 2 is 2.19 bits per heavy atom. The Bertz CT molecular complexity index is 455. The number of carbonyl (C=O) groups is 1. The van der Waals surface area contributed by atoms with Gasteiger partial charge in [-0.2, -0.15) is 5.26 Å². The van der Waals surface area contributed by atoms with E-state index < -0.39 is 5.97 Å². The molecule has 0 unspecified atom stereocenters. The fourth-order valence-corrected chi connectivity index (χ4v) is 1.25. The molecule has 0 aliphatic rings. The van der Waals surface area contributed by atoms with E-state index in [-0.39, 0.29) is 12.2 Å². The lowest BCUT2D eigenvalue weighted by molar-refractivity contribution is -0.137. The first kappa shape index (κ1) is 12.0. The van der Waals surface area contributed by atoms with Gasteiger partial charge in [-0.1, -0.05) is 24.3 Å². The molecule has 1 rings (SSSR count). The number of carbonyl (C=O) groups excluding carboxylic acids is 1. The molecule has 0 atom stereocenters. The second kappa shape index (κ2) is 5.72. The molecule has 0 aliphatic carbocycles. The summed E-state index contributed by atoms with van der Waals surface area (Å²) in [5, 5.41) is 8.86. The molecule has 0 aromatic heterocycles. The number of benzene rings is 1. The second-order valence-corrected chi connectivity index (χ2v) is 3.25. The standard InChI is InChI=1S/C13H13NO2/c1-3-16-13(15)12(9-14)8-11-7-5-4-6-10(11)2/h4-8H,3H2,1-2H3/b12-8-. The van der Waals surface area contributed by atoms with Crippen LogP contribution in [0.3, 0.4) is 0 Å². The van der Waals surface area contributed by atoms with Crippen LogP contribution in [-0.2, 0) is 9.53 Å².